The molecule has 0 radical (unpaired) electrons. The van der Waals surface area contributed by atoms with Crippen LogP contribution in [0, 0.1) is 0 Å². The number of hydrogen-bond donors (Lipinski definition) is 1. The zero-order chi connectivity index (χ0) is 12.3. The highest BCUT2D eigenvalue weighted by Gasteiger charge is 2.10. The Kier molecular flexibility index (Phi) is 3.49. The van der Waals surface area contributed by atoms with Crippen molar-refractivity contribution in [2.24, 2.45) is 0 Å². The summed E-state index contributed by atoms with van der Waals surface area (Å²) in [6.07, 6.45) is 1.41. The second-order valence-electron chi connectivity index (χ2n) is 3.72. The highest BCUT2D eigenvalue weighted by atomic mass is 35.5. The van der Waals surface area contributed by atoms with Crippen LogP contribution >= 0.6 is 11.6 Å². The van der Waals surface area contributed by atoms with Gasteiger partial charge in [-0.2, -0.15) is 0 Å². The minimum absolute atomic E-state index is 0.104. The number of ether oxygens (including phenoxy) is 1. The van der Waals surface area contributed by atoms with Crippen LogP contribution in [0.25, 0.3) is 0 Å². The molecule has 1 unspecified atom stereocenters. The van der Waals surface area contributed by atoms with Gasteiger partial charge in [-0.1, -0.05) is 41.9 Å². The zero-order valence-corrected chi connectivity index (χ0v) is 10.2. The number of nitrogens with two attached hydrogens (primary N) is 1. The predicted octanol–water partition coefficient (Wildman–Crippen LogP) is 3.46. The summed E-state index contributed by atoms with van der Waals surface area (Å²) < 4.78 is 5.69. The molecule has 0 saturated heterocycles. The van der Waals surface area contributed by atoms with Gasteiger partial charge in [0.15, 0.2) is 0 Å². The van der Waals surface area contributed by atoms with Crippen molar-refractivity contribution in [3.8, 4) is 5.88 Å². The van der Waals surface area contributed by atoms with Gasteiger partial charge in [0.25, 0.3) is 0 Å². The van der Waals surface area contributed by atoms with Crippen molar-refractivity contribution in [3.05, 3.63) is 53.2 Å². The maximum absolute atomic E-state index is 5.78. The smallest absolute Gasteiger partial charge is 0.237 e. The Hall–Kier alpha value is -1.74. The first kappa shape index (κ1) is 11.7. The molecule has 2 N–H and O–H groups in total. The fraction of sp³-hybridized carbons (Fsp3) is 0.154. The van der Waals surface area contributed by atoms with E-state index in [-0.39, 0.29) is 6.10 Å². The number of pyridine rings is 1. The van der Waals surface area contributed by atoms with Crippen LogP contribution in [0.4, 0.5) is 5.69 Å². The van der Waals surface area contributed by atoms with Gasteiger partial charge in [0.1, 0.15) is 6.10 Å². The largest absolute Gasteiger partial charge is 0.468 e. The normalized spacial score (nSPS) is 12.1. The van der Waals surface area contributed by atoms with Crippen LogP contribution in [0.1, 0.15) is 18.6 Å². The van der Waals surface area contributed by atoms with Gasteiger partial charge < -0.3 is 10.5 Å². The standard InChI is InChI=1S/C13H13ClN2O/c1-9(10-5-3-2-4-6-10)17-13-12(15)7-11(14)8-16-13/h2-9H,15H2,1H3. The number of rotatable bonds is 3. The quantitative estimate of drug-likeness (QED) is 0.905. The molecule has 1 atom stereocenters. The summed E-state index contributed by atoms with van der Waals surface area (Å²) in [7, 11) is 0. The number of benzene rings is 1. The fourth-order valence-corrected chi connectivity index (χ4v) is 1.67. The van der Waals surface area contributed by atoms with E-state index in [1.165, 1.54) is 6.20 Å². The van der Waals surface area contributed by atoms with E-state index in [1.54, 1.807) is 6.07 Å². The highest BCUT2D eigenvalue weighted by molar-refractivity contribution is 6.30. The van der Waals surface area contributed by atoms with Crippen LogP contribution in [-0.4, -0.2) is 4.98 Å². The summed E-state index contributed by atoms with van der Waals surface area (Å²) in [5, 5.41) is 0.502. The van der Waals surface area contributed by atoms with Crippen molar-refractivity contribution in [3.63, 3.8) is 0 Å². The second kappa shape index (κ2) is 5.06. The summed E-state index contributed by atoms with van der Waals surface area (Å²) in [6.45, 7) is 1.95. The molecule has 4 heteroatoms. The molecular formula is C13H13ClN2O. The number of nitrogens with zero attached hydrogens (tertiary/aromatic N) is 1. The molecule has 2 rings (SSSR count). The lowest BCUT2D eigenvalue weighted by atomic mass is 10.1. The number of aromatic nitrogens is 1. The van der Waals surface area contributed by atoms with E-state index in [4.69, 9.17) is 22.1 Å². The molecule has 88 valence electrons. The third-order valence-corrected chi connectivity index (χ3v) is 2.61. The van der Waals surface area contributed by atoms with Crippen LogP contribution in [0.2, 0.25) is 5.02 Å². The Morgan fingerprint density at radius 2 is 2.00 bits per heavy atom. The van der Waals surface area contributed by atoms with Gasteiger partial charge >= 0.3 is 0 Å². The summed E-state index contributed by atoms with van der Waals surface area (Å²) in [6, 6.07) is 11.5. The predicted molar refractivity (Wildman–Crippen MR) is 69.1 cm³/mol. The first-order valence-corrected chi connectivity index (χ1v) is 5.67. The van der Waals surface area contributed by atoms with Gasteiger partial charge in [0.05, 0.1) is 10.7 Å². The minimum atomic E-state index is -0.104. The van der Waals surface area contributed by atoms with Crippen molar-refractivity contribution in [1.29, 1.82) is 0 Å². The summed E-state index contributed by atoms with van der Waals surface area (Å²) in [4.78, 5) is 4.06. The molecular weight excluding hydrogens is 236 g/mol. The first-order chi connectivity index (χ1) is 8.16. The van der Waals surface area contributed by atoms with E-state index in [9.17, 15) is 0 Å². The van der Waals surface area contributed by atoms with Crippen LogP contribution < -0.4 is 10.5 Å². The zero-order valence-electron chi connectivity index (χ0n) is 9.43. The molecule has 2 aromatic rings. The fourth-order valence-electron chi connectivity index (χ4n) is 1.50. The van der Waals surface area contributed by atoms with Gasteiger partial charge in [-0.3, -0.25) is 0 Å². The Labute approximate surface area is 105 Å². The second-order valence-corrected chi connectivity index (χ2v) is 4.16. The van der Waals surface area contributed by atoms with Crippen LogP contribution in [-0.2, 0) is 0 Å². The maximum Gasteiger partial charge on any atom is 0.237 e. The summed E-state index contributed by atoms with van der Waals surface area (Å²) in [5.74, 6) is 0.408. The number of halogens is 1. The van der Waals surface area contributed by atoms with E-state index >= 15 is 0 Å². The van der Waals surface area contributed by atoms with E-state index in [0.717, 1.165) is 5.56 Å². The minimum Gasteiger partial charge on any atom is -0.468 e. The van der Waals surface area contributed by atoms with E-state index in [0.29, 0.717) is 16.6 Å². The van der Waals surface area contributed by atoms with Crippen molar-refractivity contribution in [2.45, 2.75) is 13.0 Å². The Balaban J connectivity index is 2.16. The van der Waals surface area contributed by atoms with Crippen molar-refractivity contribution >= 4 is 17.3 Å². The number of hydrogen-bond acceptors (Lipinski definition) is 3. The van der Waals surface area contributed by atoms with Gasteiger partial charge in [-0.25, -0.2) is 4.98 Å². The molecule has 0 bridgehead atoms. The van der Waals surface area contributed by atoms with Gasteiger partial charge in [-0.05, 0) is 18.6 Å². The molecule has 0 aliphatic heterocycles. The molecule has 0 spiro atoms. The Morgan fingerprint density at radius 1 is 1.29 bits per heavy atom. The SMILES string of the molecule is CC(Oc1ncc(Cl)cc1N)c1ccccc1. The average molecular weight is 249 g/mol. The number of nitrogen functional groups attached to an aromatic ring is 1. The van der Waals surface area contributed by atoms with Gasteiger partial charge in [0.2, 0.25) is 5.88 Å². The molecule has 0 saturated carbocycles. The molecule has 3 nitrogen and oxygen atoms in total. The lowest BCUT2D eigenvalue weighted by Crippen LogP contribution is -2.06. The molecule has 0 amide bonds. The van der Waals surface area contributed by atoms with Gasteiger partial charge in [-0.15, -0.1) is 0 Å². The molecule has 1 aromatic heterocycles. The Bertz CT molecular complexity index is 502. The molecule has 0 aliphatic rings. The summed E-state index contributed by atoms with van der Waals surface area (Å²) in [5.41, 5.74) is 7.29. The average Bonchev–Trinajstić information content (AvgIpc) is 2.34. The molecule has 0 aliphatic carbocycles. The van der Waals surface area contributed by atoms with E-state index < -0.39 is 0 Å². The molecule has 17 heavy (non-hydrogen) atoms. The third kappa shape index (κ3) is 2.88. The van der Waals surface area contributed by atoms with Gasteiger partial charge in [0, 0.05) is 6.20 Å². The third-order valence-electron chi connectivity index (χ3n) is 2.40. The maximum atomic E-state index is 5.78. The van der Waals surface area contributed by atoms with Crippen molar-refractivity contribution in [2.75, 3.05) is 5.73 Å². The number of anilines is 1. The molecule has 0 fully saturated rings. The lowest BCUT2D eigenvalue weighted by molar-refractivity contribution is 0.219. The Morgan fingerprint density at radius 3 is 2.65 bits per heavy atom. The first-order valence-electron chi connectivity index (χ1n) is 5.29. The van der Waals surface area contributed by atoms with Crippen LogP contribution in [0.5, 0.6) is 5.88 Å². The summed E-state index contributed by atoms with van der Waals surface area (Å²) >= 11 is 5.77. The lowest BCUT2D eigenvalue weighted by Gasteiger charge is -2.15. The molecule has 1 aromatic carbocycles. The van der Waals surface area contributed by atoms with E-state index in [2.05, 4.69) is 4.98 Å². The van der Waals surface area contributed by atoms with Crippen molar-refractivity contribution < 1.29 is 4.74 Å². The highest BCUT2D eigenvalue weighted by Crippen LogP contribution is 2.26. The van der Waals surface area contributed by atoms with E-state index in [1.807, 2.05) is 37.3 Å². The molecule has 1 heterocycles. The van der Waals surface area contributed by atoms with Crippen LogP contribution in [0.3, 0.4) is 0 Å². The van der Waals surface area contributed by atoms with Crippen molar-refractivity contribution in [1.82, 2.24) is 4.98 Å². The topological polar surface area (TPSA) is 48.1 Å². The van der Waals surface area contributed by atoms with Crippen LogP contribution in [0.15, 0.2) is 42.6 Å². The monoisotopic (exact) mass is 248 g/mol.